The van der Waals surface area contributed by atoms with Gasteiger partial charge in [0.05, 0.1) is 0 Å². The van der Waals surface area contributed by atoms with Gasteiger partial charge in [-0.1, -0.05) is 18.2 Å². The van der Waals surface area contributed by atoms with Gasteiger partial charge in [-0.2, -0.15) is 0 Å². The van der Waals surface area contributed by atoms with Crippen molar-refractivity contribution in [2.75, 3.05) is 24.7 Å². The van der Waals surface area contributed by atoms with Crippen molar-refractivity contribution < 1.29 is 0 Å². The maximum Gasteiger partial charge on any atom is 0.115 e. The Labute approximate surface area is 112 Å². The minimum Gasteiger partial charge on any atom is -0.384 e. The monoisotopic (exact) mass is 251 g/mol. The third-order valence-electron chi connectivity index (χ3n) is 3.39. The van der Waals surface area contributed by atoms with Crippen molar-refractivity contribution in [1.82, 2.24) is 4.40 Å². The number of hydrogen-bond acceptors (Lipinski definition) is 2. The van der Waals surface area contributed by atoms with Gasteiger partial charge in [-0.05, 0) is 35.9 Å². The van der Waals surface area contributed by atoms with Crippen LogP contribution in [0.5, 0.6) is 0 Å². The fourth-order valence-corrected chi connectivity index (χ4v) is 2.33. The van der Waals surface area contributed by atoms with Crippen LogP contribution >= 0.6 is 0 Å². The number of nitrogens with zero attached hydrogens (tertiary/aromatic N) is 2. The van der Waals surface area contributed by atoms with E-state index in [1.165, 1.54) is 5.69 Å². The van der Waals surface area contributed by atoms with Gasteiger partial charge in [0.25, 0.3) is 0 Å². The number of aromatic nitrogens is 1. The predicted octanol–water partition coefficient (Wildman–Crippen LogP) is 3.25. The van der Waals surface area contributed by atoms with E-state index >= 15 is 0 Å². The largest absolute Gasteiger partial charge is 0.384 e. The SMILES string of the molecule is CN(C)c1cccc(-c2cc3ccccn3c2N)c1. The van der Waals surface area contributed by atoms with Gasteiger partial charge < -0.3 is 15.0 Å². The van der Waals surface area contributed by atoms with Gasteiger partial charge in [-0.25, -0.2) is 0 Å². The molecule has 3 aromatic rings. The molecule has 0 unspecified atom stereocenters. The quantitative estimate of drug-likeness (QED) is 0.758. The lowest BCUT2D eigenvalue weighted by atomic mass is 10.1. The van der Waals surface area contributed by atoms with Gasteiger partial charge in [-0.15, -0.1) is 0 Å². The average Bonchev–Trinajstić information content (AvgIpc) is 2.77. The molecule has 3 nitrogen and oxygen atoms in total. The molecule has 19 heavy (non-hydrogen) atoms. The first kappa shape index (κ1) is 11.7. The topological polar surface area (TPSA) is 33.7 Å². The molecule has 3 heteroatoms. The Balaban J connectivity index is 2.19. The second-order valence-corrected chi connectivity index (χ2v) is 4.88. The molecule has 0 radical (unpaired) electrons. The lowest BCUT2D eigenvalue weighted by molar-refractivity contribution is 1.13. The number of nitrogen functional groups attached to an aromatic ring is 1. The minimum absolute atomic E-state index is 0.784. The zero-order valence-corrected chi connectivity index (χ0v) is 11.2. The van der Waals surface area contributed by atoms with Gasteiger partial charge in [0.2, 0.25) is 0 Å². The zero-order chi connectivity index (χ0) is 13.4. The second kappa shape index (κ2) is 4.35. The first-order chi connectivity index (χ1) is 9.16. The highest BCUT2D eigenvalue weighted by Gasteiger charge is 2.09. The molecule has 0 aliphatic heterocycles. The van der Waals surface area contributed by atoms with Crippen molar-refractivity contribution in [1.29, 1.82) is 0 Å². The molecule has 3 rings (SSSR count). The summed E-state index contributed by atoms with van der Waals surface area (Å²) >= 11 is 0. The third-order valence-corrected chi connectivity index (χ3v) is 3.39. The third kappa shape index (κ3) is 1.93. The first-order valence-electron chi connectivity index (χ1n) is 6.30. The fourth-order valence-electron chi connectivity index (χ4n) is 2.33. The summed E-state index contributed by atoms with van der Waals surface area (Å²) in [6.45, 7) is 0. The van der Waals surface area contributed by atoms with Crippen molar-refractivity contribution in [3.63, 3.8) is 0 Å². The average molecular weight is 251 g/mol. The Morgan fingerprint density at radius 2 is 1.84 bits per heavy atom. The molecule has 0 spiro atoms. The van der Waals surface area contributed by atoms with Crippen molar-refractivity contribution in [3.05, 3.63) is 54.7 Å². The highest BCUT2D eigenvalue weighted by Crippen LogP contribution is 2.31. The molecule has 0 saturated heterocycles. The van der Waals surface area contributed by atoms with Gasteiger partial charge in [0.1, 0.15) is 5.82 Å². The molecule has 1 aromatic carbocycles. The van der Waals surface area contributed by atoms with E-state index in [0.717, 1.165) is 22.5 Å². The van der Waals surface area contributed by atoms with E-state index in [9.17, 15) is 0 Å². The highest BCUT2D eigenvalue weighted by atomic mass is 15.1. The fraction of sp³-hybridized carbons (Fsp3) is 0.125. The highest BCUT2D eigenvalue weighted by molar-refractivity contribution is 5.82. The van der Waals surface area contributed by atoms with E-state index in [2.05, 4.69) is 41.3 Å². The van der Waals surface area contributed by atoms with Crippen LogP contribution in [0.1, 0.15) is 0 Å². The van der Waals surface area contributed by atoms with Gasteiger partial charge in [0.15, 0.2) is 0 Å². The molecule has 0 bridgehead atoms. The summed E-state index contributed by atoms with van der Waals surface area (Å²) in [5.41, 5.74) is 10.8. The molecule has 2 N–H and O–H groups in total. The van der Waals surface area contributed by atoms with Crippen LogP contribution < -0.4 is 10.6 Å². The Hall–Kier alpha value is -2.42. The lowest BCUT2D eigenvalue weighted by Crippen LogP contribution is -2.08. The number of rotatable bonds is 2. The summed E-state index contributed by atoms with van der Waals surface area (Å²) < 4.78 is 2.01. The zero-order valence-electron chi connectivity index (χ0n) is 11.2. The van der Waals surface area contributed by atoms with Crippen LogP contribution in [0, 0.1) is 0 Å². The molecular weight excluding hydrogens is 234 g/mol. The Morgan fingerprint density at radius 3 is 2.58 bits per heavy atom. The molecule has 0 saturated carbocycles. The van der Waals surface area contributed by atoms with Crippen LogP contribution in [0.2, 0.25) is 0 Å². The summed E-state index contributed by atoms with van der Waals surface area (Å²) in [5.74, 6) is 0.784. The molecule has 0 aliphatic rings. The van der Waals surface area contributed by atoms with E-state index in [1.54, 1.807) is 0 Å². The second-order valence-electron chi connectivity index (χ2n) is 4.88. The van der Waals surface area contributed by atoms with E-state index in [0.29, 0.717) is 0 Å². The summed E-state index contributed by atoms with van der Waals surface area (Å²) in [7, 11) is 4.08. The van der Waals surface area contributed by atoms with Gasteiger partial charge in [0, 0.05) is 37.1 Å². The number of nitrogens with two attached hydrogens (primary N) is 1. The standard InChI is InChI=1S/C16H17N3/c1-18(2)13-8-5-6-12(10-13)15-11-14-7-3-4-9-19(14)16(15)17/h3-11H,17H2,1-2H3. The first-order valence-corrected chi connectivity index (χ1v) is 6.30. The summed E-state index contributed by atoms with van der Waals surface area (Å²) in [6, 6.07) is 16.6. The van der Waals surface area contributed by atoms with Crippen LogP contribution in [0.3, 0.4) is 0 Å². The van der Waals surface area contributed by atoms with E-state index < -0.39 is 0 Å². The van der Waals surface area contributed by atoms with E-state index in [4.69, 9.17) is 5.73 Å². The number of pyridine rings is 1. The smallest absolute Gasteiger partial charge is 0.115 e. The van der Waals surface area contributed by atoms with Crippen LogP contribution in [-0.2, 0) is 0 Å². The summed E-state index contributed by atoms with van der Waals surface area (Å²) in [6.07, 6.45) is 1.99. The summed E-state index contributed by atoms with van der Waals surface area (Å²) in [4.78, 5) is 2.09. The summed E-state index contributed by atoms with van der Waals surface area (Å²) in [5, 5.41) is 0. The van der Waals surface area contributed by atoms with Gasteiger partial charge >= 0.3 is 0 Å². The number of benzene rings is 1. The number of fused-ring (bicyclic) bond motifs is 1. The van der Waals surface area contributed by atoms with Crippen LogP contribution in [0.4, 0.5) is 11.5 Å². The Kier molecular flexibility index (Phi) is 2.67. The molecule has 0 atom stereocenters. The van der Waals surface area contributed by atoms with Gasteiger partial charge in [-0.3, -0.25) is 0 Å². The maximum absolute atomic E-state index is 6.25. The van der Waals surface area contributed by atoms with Crippen LogP contribution in [-0.4, -0.2) is 18.5 Å². The Bertz CT molecular complexity index is 726. The molecule has 0 fully saturated rings. The molecule has 0 aliphatic carbocycles. The van der Waals surface area contributed by atoms with Crippen molar-refractivity contribution in [2.24, 2.45) is 0 Å². The Morgan fingerprint density at radius 1 is 1.00 bits per heavy atom. The normalized spacial score (nSPS) is 10.8. The predicted molar refractivity (Wildman–Crippen MR) is 81.6 cm³/mol. The van der Waals surface area contributed by atoms with Crippen LogP contribution in [0.15, 0.2) is 54.7 Å². The van der Waals surface area contributed by atoms with Crippen LogP contribution in [0.25, 0.3) is 16.6 Å². The molecular formula is C16H17N3. The van der Waals surface area contributed by atoms with Crippen molar-refractivity contribution in [2.45, 2.75) is 0 Å². The van der Waals surface area contributed by atoms with E-state index in [1.807, 2.05) is 36.8 Å². The maximum atomic E-state index is 6.25. The lowest BCUT2D eigenvalue weighted by Gasteiger charge is -2.13. The van der Waals surface area contributed by atoms with Crippen molar-refractivity contribution >= 4 is 17.0 Å². The number of hydrogen-bond donors (Lipinski definition) is 1. The molecule has 2 heterocycles. The molecule has 96 valence electrons. The van der Waals surface area contributed by atoms with Crippen molar-refractivity contribution in [3.8, 4) is 11.1 Å². The van der Waals surface area contributed by atoms with E-state index in [-0.39, 0.29) is 0 Å². The minimum atomic E-state index is 0.784. The molecule has 0 amide bonds. The number of anilines is 2. The molecule has 2 aromatic heterocycles.